The van der Waals surface area contributed by atoms with E-state index in [9.17, 15) is 4.79 Å². The van der Waals surface area contributed by atoms with Gasteiger partial charge in [-0.3, -0.25) is 4.79 Å². The van der Waals surface area contributed by atoms with Gasteiger partial charge in [0, 0.05) is 0 Å². The molecule has 3 aromatic heterocycles. The molecule has 0 spiro atoms. The molecule has 0 fully saturated rings. The molecule has 3 heterocycles. The molecule has 3 aromatic rings. The SMILES string of the molecule is O=C(CSc1nnc(-c2ccco2)o1)c1ccc(Br)s1. The van der Waals surface area contributed by atoms with Crippen LogP contribution in [0.4, 0.5) is 0 Å². The number of carbonyl (C=O) groups is 1. The van der Waals surface area contributed by atoms with Crippen LogP contribution in [-0.2, 0) is 0 Å². The van der Waals surface area contributed by atoms with Gasteiger partial charge in [0.15, 0.2) is 11.5 Å². The van der Waals surface area contributed by atoms with Crippen LogP contribution >= 0.6 is 39.0 Å². The zero-order valence-corrected chi connectivity index (χ0v) is 13.1. The third kappa shape index (κ3) is 3.02. The van der Waals surface area contributed by atoms with Crippen LogP contribution in [0.1, 0.15) is 9.67 Å². The van der Waals surface area contributed by atoms with E-state index in [1.54, 1.807) is 18.2 Å². The zero-order valence-electron chi connectivity index (χ0n) is 9.91. The Bertz CT molecular complexity index is 721. The van der Waals surface area contributed by atoms with E-state index in [4.69, 9.17) is 8.83 Å². The van der Waals surface area contributed by atoms with E-state index in [0.29, 0.717) is 21.8 Å². The number of aromatic nitrogens is 2. The molecule has 0 N–H and O–H groups in total. The van der Waals surface area contributed by atoms with Gasteiger partial charge in [0.25, 0.3) is 11.1 Å². The summed E-state index contributed by atoms with van der Waals surface area (Å²) in [6.07, 6.45) is 1.53. The van der Waals surface area contributed by atoms with Crippen LogP contribution < -0.4 is 0 Å². The second kappa shape index (κ2) is 5.94. The second-order valence-electron chi connectivity index (χ2n) is 3.67. The predicted octanol–water partition coefficient (Wildman–Crippen LogP) is 4.13. The largest absolute Gasteiger partial charge is 0.459 e. The molecule has 0 radical (unpaired) electrons. The molecule has 8 heteroatoms. The van der Waals surface area contributed by atoms with Gasteiger partial charge in [0.2, 0.25) is 0 Å². The zero-order chi connectivity index (χ0) is 13.9. The van der Waals surface area contributed by atoms with Crippen molar-refractivity contribution in [1.82, 2.24) is 10.2 Å². The van der Waals surface area contributed by atoms with E-state index in [1.807, 2.05) is 6.07 Å². The lowest BCUT2D eigenvalue weighted by atomic mass is 10.4. The summed E-state index contributed by atoms with van der Waals surface area (Å²) in [5, 5.41) is 8.08. The Kier molecular flexibility index (Phi) is 4.04. The highest BCUT2D eigenvalue weighted by Crippen LogP contribution is 2.26. The topological polar surface area (TPSA) is 69.1 Å². The molecule has 3 rings (SSSR count). The molecule has 0 bridgehead atoms. The van der Waals surface area contributed by atoms with E-state index in [-0.39, 0.29) is 11.5 Å². The normalized spacial score (nSPS) is 10.8. The van der Waals surface area contributed by atoms with Crippen molar-refractivity contribution in [3.63, 3.8) is 0 Å². The summed E-state index contributed by atoms with van der Waals surface area (Å²) in [6.45, 7) is 0. The summed E-state index contributed by atoms with van der Waals surface area (Å²) in [5.41, 5.74) is 0. The van der Waals surface area contributed by atoms with Crippen LogP contribution in [-0.4, -0.2) is 21.7 Å². The minimum Gasteiger partial charge on any atom is -0.459 e. The molecule has 0 amide bonds. The Morgan fingerprint density at radius 3 is 2.95 bits per heavy atom. The summed E-state index contributed by atoms with van der Waals surface area (Å²) < 4.78 is 11.5. The molecule has 0 saturated heterocycles. The molecular formula is C12H7BrN2O3S2. The van der Waals surface area contributed by atoms with Crippen molar-refractivity contribution in [3.05, 3.63) is 39.2 Å². The van der Waals surface area contributed by atoms with Gasteiger partial charge >= 0.3 is 0 Å². The quantitative estimate of drug-likeness (QED) is 0.496. The fraction of sp³-hybridized carbons (Fsp3) is 0.0833. The van der Waals surface area contributed by atoms with Gasteiger partial charge in [-0.2, -0.15) is 0 Å². The Hall–Kier alpha value is -1.38. The Morgan fingerprint density at radius 2 is 2.25 bits per heavy atom. The average Bonchev–Trinajstić information content (AvgIpc) is 3.16. The highest BCUT2D eigenvalue weighted by atomic mass is 79.9. The minimum absolute atomic E-state index is 0.0310. The third-order valence-corrected chi connectivity index (χ3v) is 4.80. The smallest absolute Gasteiger partial charge is 0.284 e. The standard InChI is InChI=1S/C12H7BrN2O3S2/c13-10-4-3-9(20-10)7(16)6-19-12-15-14-11(18-12)8-2-1-5-17-8/h1-5H,6H2. The average molecular weight is 371 g/mol. The first-order valence-corrected chi connectivity index (χ1v) is 8.10. The molecule has 0 aliphatic rings. The van der Waals surface area contributed by atoms with Crippen LogP contribution in [0.2, 0.25) is 0 Å². The summed E-state index contributed by atoms with van der Waals surface area (Å²) in [7, 11) is 0. The molecule has 0 unspecified atom stereocenters. The van der Waals surface area contributed by atoms with Crippen molar-refractivity contribution >= 4 is 44.8 Å². The molecule has 5 nitrogen and oxygen atoms in total. The number of hydrogen-bond donors (Lipinski definition) is 0. The molecule has 102 valence electrons. The first kappa shape index (κ1) is 13.6. The molecule has 20 heavy (non-hydrogen) atoms. The van der Waals surface area contributed by atoms with Gasteiger partial charge in [0.05, 0.1) is 20.7 Å². The highest BCUT2D eigenvalue weighted by Gasteiger charge is 2.14. The maximum atomic E-state index is 11.9. The number of carbonyl (C=O) groups excluding carboxylic acids is 1. The lowest BCUT2D eigenvalue weighted by Gasteiger charge is -1.93. The number of thioether (sulfide) groups is 1. The van der Waals surface area contributed by atoms with E-state index < -0.39 is 0 Å². The van der Waals surface area contributed by atoms with Crippen molar-refractivity contribution in [2.75, 3.05) is 5.75 Å². The molecular weight excluding hydrogens is 364 g/mol. The lowest BCUT2D eigenvalue weighted by molar-refractivity contribution is 0.102. The van der Waals surface area contributed by atoms with Gasteiger partial charge < -0.3 is 8.83 Å². The predicted molar refractivity (Wildman–Crippen MR) is 79.1 cm³/mol. The summed E-state index contributed by atoms with van der Waals surface area (Å²) in [4.78, 5) is 12.6. The molecule has 0 atom stereocenters. The number of nitrogens with zero attached hydrogens (tertiary/aromatic N) is 2. The fourth-order valence-electron chi connectivity index (χ4n) is 1.43. The van der Waals surface area contributed by atoms with Gasteiger partial charge in [-0.1, -0.05) is 11.8 Å². The van der Waals surface area contributed by atoms with Gasteiger partial charge in [-0.05, 0) is 40.2 Å². The monoisotopic (exact) mass is 370 g/mol. The molecule has 0 aliphatic heterocycles. The molecule has 0 aliphatic carbocycles. The van der Waals surface area contributed by atoms with Crippen LogP contribution in [0, 0.1) is 0 Å². The van der Waals surface area contributed by atoms with Crippen LogP contribution in [0.5, 0.6) is 0 Å². The number of furan rings is 1. The summed E-state index contributed by atoms with van der Waals surface area (Å²) >= 11 is 5.95. The minimum atomic E-state index is 0.0310. The molecule has 0 aromatic carbocycles. The van der Waals surface area contributed by atoms with Crippen LogP contribution in [0.25, 0.3) is 11.7 Å². The Balaban J connectivity index is 1.63. The van der Waals surface area contributed by atoms with Gasteiger partial charge in [-0.15, -0.1) is 21.5 Å². The van der Waals surface area contributed by atoms with Crippen molar-refractivity contribution in [2.45, 2.75) is 5.22 Å². The van der Waals surface area contributed by atoms with Crippen molar-refractivity contribution in [3.8, 4) is 11.7 Å². The summed E-state index contributed by atoms with van der Waals surface area (Å²) in [5.74, 6) is 1.11. The first-order valence-electron chi connectivity index (χ1n) is 5.51. The Morgan fingerprint density at radius 1 is 1.35 bits per heavy atom. The summed E-state index contributed by atoms with van der Waals surface area (Å²) in [6, 6.07) is 7.12. The van der Waals surface area contributed by atoms with E-state index >= 15 is 0 Å². The number of rotatable bonds is 5. The van der Waals surface area contributed by atoms with Crippen LogP contribution in [0.15, 0.2) is 48.4 Å². The van der Waals surface area contributed by atoms with E-state index in [2.05, 4.69) is 26.1 Å². The number of hydrogen-bond acceptors (Lipinski definition) is 7. The van der Waals surface area contributed by atoms with Crippen LogP contribution in [0.3, 0.4) is 0 Å². The molecule has 0 saturated carbocycles. The fourth-order valence-corrected chi connectivity index (χ4v) is 3.49. The third-order valence-electron chi connectivity index (χ3n) is 2.31. The number of ketones is 1. The Labute approximate surface area is 130 Å². The maximum Gasteiger partial charge on any atom is 0.284 e. The number of thiophene rings is 1. The number of halogens is 1. The van der Waals surface area contributed by atoms with Gasteiger partial charge in [0.1, 0.15) is 0 Å². The maximum absolute atomic E-state index is 11.9. The van der Waals surface area contributed by atoms with Gasteiger partial charge in [-0.25, -0.2) is 0 Å². The van der Waals surface area contributed by atoms with E-state index in [1.165, 1.54) is 29.4 Å². The van der Waals surface area contributed by atoms with E-state index in [0.717, 1.165) is 3.79 Å². The highest BCUT2D eigenvalue weighted by molar-refractivity contribution is 9.11. The van der Waals surface area contributed by atoms with Crippen molar-refractivity contribution in [2.24, 2.45) is 0 Å². The van der Waals surface area contributed by atoms with Crippen molar-refractivity contribution < 1.29 is 13.6 Å². The second-order valence-corrected chi connectivity index (χ2v) is 7.06. The van der Waals surface area contributed by atoms with Crippen molar-refractivity contribution in [1.29, 1.82) is 0 Å². The first-order chi connectivity index (χ1) is 9.72. The lowest BCUT2D eigenvalue weighted by Crippen LogP contribution is -1.98. The number of Topliss-reactive ketones (excluding diaryl/α,β-unsaturated/α-hetero) is 1.